The van der Waals surface area contributed by atoms with Gasteiger partial charge in [-0.05, 0) is 31.6 Å². The van der Waals surface area contributed by atoms with Crippen molar-refractivity contribution in [1.29, 1.82) is 0 Å². The summed E-state index contributed by atoms with van der Waals surface area (Å²) >= 11 is 1.97. The van der Waals surface area contributed by atoms with E-state index in [0.717, 1.165) is 12.0 Å². The van der Waals surface area contributed by atoms with Crippen molar-refractivity contribution in [2.45, 2.75) is 65.3 Å². The molecule has 0 aromatic rings. The van der Waals surface area contributed by atoms with E-state index in [9.17, 15) is 0 Å². The van der Waals surface area contributed by atoms with Crippen LogP contribution in [0, 0.1) is 5.92 Å². The number of nitrogens with one attached hydrogen (secondary N) is 1. The highest BCUT2D eigenvalue weighted by Crippen LogP contribution is 2.19. The van der Waals surface area contributed by atoms with Crippen LogP contribution in [0.3, 0.4) is 0 Å². The zero-order chi connectivity index (χ0) is 12.2. The zero-order valence-electron chi connectivity index (χ0n) is 11.7. The number of unbranched alkanes of at least 4 members (excludes halogenated alkanes) is 1. The van der Waals surface area contributed by atoms with Crippen LogP contribution in [-0.2, 0) is 0 Å². The van der Waals surface area contributed by atoms with Gasteiger partial charge in [0.2, 0.25) is 0 Å². The van der Waals surface area contributed by atoms with Gasteiger partial charge in [0, 0.05) is 11.8 Å². The third-order valence-electron chi connectivity index (χ3n) is 3.21. The highest BCUT2D eigenvalue weighted by molar-refractivity contribution is 7.98. The van der Waals surface area contributed by atoms with Crippen molar-refractivity contribution >= 4 is 11.8 Å². The second-order valence-corrected chi connectivity index (χ2v) is 5.67. The van der Waals surface area contributed by atoms with Crippen LogP contribution in [0.2, 0.25) is 0 Å². The van der Waals surface area contributed by atoms with Crippen molar-refractivity contribution in [3.8, 4) is 0 Å². The molecule has 2 unspecified atom stereocenters. The largest absolute Gasteiger partial charge is 0.313 e. The van der Waals surface area contributed by atoms with Gasteiger partial charge < -0.3 is 5.32 Å². The first-order chi connectivity index (χ1) is 7.78. The summed E-state index contributed by atoms with van der Waals surface area (Å²) in [6.07, 6.45) is 10.3. The van der Waals surface area contributed by atoms with Gasteiger partial charge in [0.05, 0.1) is 0 Å². The molecule has 2 heteroatoms. The van der Waals surface area contributed by atoms with E-state index in [0.29, 0.717) is 0 Å². The predicted octanol–water partition coefficient (Wildman–Crippen LogP) is 4.32. The first-order valence-corrected chi connectivity index (χ1v) is 8.40. The first kappa shape index (κ1) is 16.3. The fourth-order valence-electron chi connectivity index (χ4n) is 2.14. The standard InChI is InChI=1S/C14H31NS/c1-5-8-9-13(7-3)11-14(12-16-4)15-10-6-2/h13-15H,5-12H2,1-4H3. The van der Waals surface area contributed by atoms with Gasteiger partial charge in [0.15, 0.2) is 0 Å². The molecule has 0 aliphatic carbocycles. The average Bonchev–Trinajstić information content (AvgIpc) is 2.31. The summed E-state index contributed by atoms with van der Waals surface area (Å²) in [5.41, 5.74) is 0. The summed E-state index contributed by atoms with van der Waals surface area (Å²) in [5.74, 6) is 2.20. The molecule has 1 nitrogen and oxygen atoms in total. The molecule has 0 aromatic heterocycles. The summed E-state index contributed by atoms with van der Waals surface area (Å²) in [6, 6.07) is 0.733. The molecule has 0 aliphatic heterocycles. The molecule has 0 fully saturated rings. The molecule has 1 N–H and O–H groups in total. The van der Waals surface area contributed by atoms with Gasteiger partial charge in [-0.15, -0.1) is 0 Å². The van der Waals surface area contributed by atoms with E-state index in [1.54, 1.807) is 0 Å². The van der Waals surface area contributed by atoms with Crippen molar-refractivity contribution in [1.82, 2.24) is 5.32 Å². The van der Waals surface area contributed by atoms with Gasteiger partial charge in [0.1, 0.15) is 0 Å². The third-order valence-corrected chi connectivity index (χ3v) is 3.95. The van der Waals surface area contributed by atoms with Gasteiger partial charge in [-0.25, -0.2) is 0 Å². The lowest BCUT2D eigenvalue weighted by Gasteiger charge is -2.23. The van der Waals surface area contributed by atoms with Gasteiger partial charge in [-0.3, -0.25) is 0 Å². The molecule has 0 radical (unpaired) electrons. The summed E-state index contributed by atoms with van der Waals surface area (Å²) in [5, 5.41) is 3.69. The maximum Gasteiger partial charge on any atom is 0.0160 e. The smallest absolute Gasteiger partial charge is 0.0160 e. The van der Waals surface area contributed by atoms with Crippen molar-refractivity contribution in [2.75, 3.05) is 18.6 Å². The molecule has 0 aliphatic rings. The molecule has 2 atom stereocenters. The number of hydrogen-bond donors (Lipinski definition) is 1. The normalized spacial score (nSPS) is 15.0. The monoisotopic (exact) mass is 245 g/mol. The Morgan fingerprint density at radius 1 is 1.12 bits per heavy atom. The van der Waals surface area contributed by atoms with Crippen LogP contribution in [0.5, 0.6) is 0 Å². The maximum absolute atomic E-state index is 3.69. The van der Waals surface area contributed by atoms with E-state index in [2.05, 4.69) is 32.3 Å². The van der Waals surface area contributed by atoms with Crippen molar-refractivity contribution < 1.29 is 0 Å². The highest BCUT2D eigenvalue weighted by atomic mass is 32.2. The van der Waals surface area contributed by atoms with Crippen LogP contribution >= 0.6 is 11.8 Å². The molecular weight excluding hydrogens is 214 g/mol. The van der Waals surface area contributed by atoms with Gasteiger partial charge in [0.25, 0.3) is 0 Å². The first-order valence-electron chi connectivity index (χ1n) is 7.00. The lowest BCUT2D eigenvalue weighted by molar-refractivity contribution is 0.365. The molecule has 0 heterocycles. The van der Waals surface area contributed by atoms with Gasteiger partial charge in [-0.2, -0.15) is 11.8 Å². The molecule has 0 saturated heterocycles. The molecule has 0 amide bonds. The van der Waals surface area contributed by atoms with E-state index in [4.69, 9.17) is 0 Å². The molecule has 98 valence electrons. The lowest BCUT2D eigenvalue weighted by atomic mass is 9.92. The predicted molar refractivity (Wildman–Crippen MR) is 78.4 cm³/mol. The Morgan fingerprint density at radius 3 is 2.38 bits per heavy atom. The van der Waals surface area contributed by atoms with Crippen LogP contribution in [0.15, 0.2) is 0 Å². The van der Waals surface area contributed by atoms with Gasteiger partial charge in [-0.1, -0.05) is 46.5 Å². The van der Waals surface area contributed by atoms with E-state index in [1.165, 1.54) is 50.8 Å². The minimum atomic E-state index is 0.733. The molecular formula is C14H31NS. The molecule has 16 heavy (non-hydrogen) atoms. The average molecular weight is 245 g/mol. The third kappa shape index (κ3) is 8.46. The van der Waals surface area contributed by atoms with E-state index >= 15 is 0 Å². The number of hydrogen-bond acceptors (Lipinski definition) is 2. The fourth-order valence-corrected chi connectivity index (χ4v) is 2.80. The number of thioether (sulfide) groups is 1. The Bertz CT molecular complexity index is 139. The minimum absolute atomic E-state index is 0.733. The van der Waals surface area contributed by atoms with Gasteiger partial charge >= 0.3 is 0 Å². The Hall–Kier alpha value is 0.310. The summed E-state index contributed by atoms with van der Waals surface area (Å²) < 4.78 is 0. The van der Waals surface area contributed by atoms with Crippen molar-refractivity contribution in [2.24, 2.45) is 5.92 Å². The SMILES string of the molecule is CCCCC(CC)CC(CSC)NCCC. The Balaban J connectivity index is 3.90. The summed E-state index contributed by atoms with van der Waals surface area (Å²) in [6.45, 7) is 8.06. The van der Waals surface area contributed by atoms with E-state index < -0.39 is 0 Å². The minimum Gasteiger partial charge on any atom is -0.313 e. The number of rotatable bonds is 11. The van der Waals surface area contributed by atoms with Crippen LogP contribution in [-0.4, -0.2) is 24.6 Å². The maximum atomic E-state index is 3.69. The second-order valence-electron chi connectivity index (χ2n) is 4.76. The van der Waals surface area contributed by atoms with Crippen molar-refractivity contribution in [3.05, 3.63) is 0 Å². The Morgan fingerprint density at radius 2 is 1.88 bits per heavy atom. The molecule has 0 bridgehead atoms. The fraction of sp³-hybridized carbons (Fsp3) is 1.00. The lowest BCUT2D eigenvalue weighted by Crippen LogP contribution is -2.33. The van der Waals surface area contributed by atoms with Crippen LogP contribution < -0.4 is 5.32 Å². The Kier molecular flexibility index (Phi) is 12.0. The molecule has 0 spiro atoms. The van der Waals surface area contributed by atoms with Crippen LogP contribution in [0.1, 0.15) is 59.3 Å². The van der Waals surface area contributed by atoms with E-state index in [-0.39, 0.29) is 0 Å². The topological polar surface area (TPSA) is 12.0 Å². The molecule has 0 saturated carbocycles. The van der Waals surface area contributed by atoms with E-state index in [1.807, 2.05) is 11.8 Å². The zero-order valence-corrected chi connectivity index (χ0v) is 12.5. The molecule has 0 aromatic carbocycles. The highest BCUT2D eigenvalue weighted by Gasteiger charge is 2.13. The summed E-state index contributed by atoms with van der Waals surface area (Å²) in [7, 11) is 0. The molecule has 0 rings (SSSR count). The van der Waals surface area contributed by atoms with Crippen molar-refractivity contribution in [3.63, 3.8) is 0 Å². The second kappa shape index (κ2) is 11.8. The quantitative estimate of drug-likeness (QED) is 0.582. The summed E-state index contributed by atoms with van der Waals surface area (Å²) in [4.78, 5) is 0. The van der Waals surface area contributed by atoms with Crippen LogP contribution in [0.4, 0.5) is 0 Å². The Labute approximate surface area is 107 Å². The van der Waals surface area contributed by atoms with Crippen LogP contribution in [0.25, 0.3) is 0 Å².